The fourth-order valence-electron chi connectivity index (χ4n) is 2.59. The van der Waals surface area contributed by atoms with Crippen molar-refractivity contribution >= 4 is 15.9 Å². The smallest absolute Gasteiger partial charge is 0.253 e. The maximum atomic E-state index is 12.7. The van der Waals surface area contributed by atoms with Crippen molar-refractivity contribution in [2.45, 2.75) is 25.3 Å². The number of nitrogens with zero attached hydrogens (tertiary/aromatic N) is 1. The number of sulfonamides is 1. The summed E-state index contributed by atoms with van der Waals surface area (Å²) in [6, 6.07) is 12.0. The van der Waals surface area contributed by atoms with Crippen LogP contribution in [0.4, 0.5) is 0 Å². The molecule has 2 aromatic carbocycles. The molecule has 1 amide bonds. The van der Waals surface area contributed by atoms with Crippen LogP contribution in [0, 0.1) is 26.2 Å². The van der Waals surface area contributed by atoms with Crippen LogP contribution in [-0.4, -0.2) is 32.8 Å². The van der Waals surface area contributed by atoms with Gasteiger partial charge in [0.05, 0.1) is 11.4 Å². The van der Waals surface area contributed by atoms with Crippen molar-refractivity contribution in [1.82, 2.24) is 9.62 Å². The molecule has 0 atom stereocenters. The van der Waals surface area contributed by atoms with Gasteiger partial charge in [-0.1, -0.05) is 35.7 Å². The fraction of sp³-hybridized carbons (Fsp3) is 0.250. The molecule has 0 unspecified atom stereocenters. The minimum absolute atomic E-state index is 0.0125. The second kappa shape index (κ2) is 8.17. The van der Waals surface area contributed by atoms with E-state index < -0.39 is 10.0 Å². The Balaban J connectivity index is 2.21. The Morgan fingerprint density at radius 3 is 2.58 bits per heavy atom. The van der Waals surface area contributed by atoms with E-state index in [-0.39, 0.29) is 17.3 Å². The summed E-state index contributed by atoms with van der Waals surface area (Å²) in [7, 11) is -2.04. The molecule has 0 radical (unpaired) electrons. The van der Waals surface area contributed by atoms with Crippen LogP contribution in [0.25, 0.3) is 0 Å². The molecule has 0 saturated heterocycles. The van der Waals surface area contributed by atoms with Crippen LogP contribution in [0.2, 0.25) is 0 Å². The van der Waals surface area contributed by atoms with Crippen molar-refractivity contribution in [3.05, 3.63) is 64.7 Å². The summed E-state index contributed by atoms with van der Waals surface area (Å²) in [5.74, 6) is 1.97. The number of benzene rings is 2. The lowest BCUT2D eigenvalue weighted by Gasteiger charge is -2.19. The lowest BCUT2D eigenvalue weighted by atomic mass is 10.1. The highest BCUT2D eigenvalue weighted by atomic mass is 32.2. The molecule has 5 nitrogen and oxygen atoms in total. The van der Waals surface area contributed by atoms with Crippen molar-refractivity contribution in [3.8, 4) is 12.3 Å². The van der Waals surface area contributed by atoms with E-state index in [1.807, 2.05) is 26.0 Å². The summed E-state index contributed by atoms with van der Waals surface area (Å²) < 4.78 is 26.6. The van der Waals surface area contributed by atoms with Gasteiger partial charge in [0.15, 0.2) is 0 Å². The number of nitrogens with one attached hydrogen (secondary N) is 1. The van der Waals surface area contributed by atoms with Crippen molar-refractivity contribution in [3.63, 3.8) is 0 Å². The summed E-state index contributed by atoms with van der Waals surface area (Å²) >= 11 is 0. The maximum Gasteiger partial charge on any atom is 0.253 e. The van der Waals surface area contributed by atoms with E-state index in [2.05, 4.69) is 16.7 Å². The number of carbonyl (C=O) groups excluding carboxylic acids is 1. The summed E-state index contributed by atoms with van der Waals surface area (Å²) in [5, 5.41) is 0. The second-order valence-corrected chi connectivity index (χ2v) is 7.91. The Morgan fingerprint density at radius 2 is 1.92 bits per heavy atom. The number of terminal acetylenes is 1. The molecule has 6 heteroatoms. The molecule has 0 fully saturated rings. The van der Waals surface area contributed by atoms with Crippen molar-refractivity contribution in [2.24, 2.45) is 0 Å². The third-order valence-electron chi connectivity index (χ3n) is 4.01. The van der Waals surface area contributed by atoms with Gasteiger partial charge < -0.3 is 4.90 Å². The molecule has 0 heterocycles. The molecule has 0 saturated carbocycles. The third kappa shape index (κ3) is 4.72. The Hall–Kier alpha value is -2.62. The predicted molar refractivity (Wildman–Crippen MR) is 102 cm³/mol. The fourth-order valence-corrected chi connectivity index (χ4v) is 3.57. The van der Waals surface area contributed by atoms with Crippen LogP contribution in [-0.2, 0) is 16.6 Å². The van der Waals surface area contributed by atoms with Gasteiger partial charge in [-0.25, -0.2) is 8.42 Å². The molecule has 0 aromatic heterocycles. The standard InChI is InChI=1S/C20H22N2O3S/c1-5-11-21-26(24,25)19-8-6-7-17(13-19)20(23)22(4)14-18-10-9-15(2)12-16(18)3/h1,6-10,12-13,21H,11,14H2,2-4H3. The van der Waals surface area contributed by atoms with Crippen molar-refractivity contribution < 1.29 is 13.2 Å². The molecular formula is C20H22N2O3S. The minimum Gasteiger partial charge on any atom is -0.337 e. The van der Waals surface area contributed by atoms with Crippen LogP contribution in [0.1, 0.15) is 27.0 Å². The van der Waals surface area contributed by atoms with Crippen LogP contribution < -0.4 is 4.72 Å². The topological polar surface area (TPSA) is 66.5 Å². The Labute approximate surface area is 155 Å². The predicted octanol–water partition coefficient (Wildman–Crippen LogP) is 2.49. The van der Waals surface area contributed by atoms with E-state index in [0.29, 0.717) is 12.1 Å². The molecule has 0 aliphatic heterocycles. The quantitative estimate of drug-likeness (QED) is 0.795. The van der Waals surface area contributed by atoms with E-state index in [0.717, 1.165) is 16.7 Å². The summed E-state index contributed by atoms with van der Waals surface area (Å²) in [4.78, 5) is 14.3. The average Bonchev–Trinajstić information content (AvgIpc) is 2.61. The van der Waals surface area contributed by atoms with E-state index in [4.69, 9.17) is 6.42 Å². The highest BCUT2D eigenvalue weighted by Crippen LogP contribution is 2.16. The number of carbonyl (C=O) groups is 1. The molecule has 1 N–H and O–H groups in total. The minimum atomic E-state index is -3.74. The zero-order valence-electron chi connectivity index (χ0n) is 15.1. The summed E-state index contributed by atoms with van der Waals surface area (Å²) in [6.07, 6.45) is 5.09. The van der Waals surface area contributed by atoms with Gasteiger partial charge in [0.25, 0.3) is 5.91 Å². The van der Waals surface area contributed by atoms with Gasteiger partial charge in [-0.05, 0) is 43.2 Å². The molecule has 2 aromatic rings. The molecule has 2 rings (SSSR count). The number of rotatable bonds is 6. The van der Waals surface area contributed by atoms with Crippen LogP contribution >= 0.6 is 0 Å². The lowest BCUT2D eigenvalue weighted by Crippen LogP contribution is -2.27. The van der Waals surface area contributed by atoms with Crippen LogP contribution in [0.5, 0.6) is 0 Å². The second-order valence-electron chi connectivity index (χ2n) is 6.15. The SMILES string of the molecule is C#CCNS(=O)(=O)c1cccc(C(=O)N(C)Cc2ccc(C)cc2C)c1. The Morgan fingerprint density at radius 1 is 1.19 bits per heavy atom. The Bertz CT molecular complexity index is 959. The molecule has 0 aliphatic carbocycles. The van der Waals surface area contributed by atoms with Gasteiger partial charge in [-0.15, -0.1) is 6.42 Å². The highest BCUT2D eigenvalue weighted by Gasteiger charge is 2.18. The van der Waals surface area contributed by atoms with E-state index >= 15 is 0 Å². The Kier molecular flexibility index (Phi) is 6.19. The van der Waals surface area contributed by atoms with Gasteiger partial charge in [0.1, 0.15) is 0 Å². The molecule has 0 bridgehead atoms. The van der Waals surface area contributed by atoms with Crippen LogP contribution in [0.15, 0.2) is 47.4 Å². The molecule has 136 valence electrons. The van der Waals surface area contributed by atoms with Gasteiger partial charge in [0.2, 0.25) is 10.0 Å². The zero-order chi connectivity index (χ0) is 19.3. The van der Waals surface area contributed by atoms with E-state index in [1.54, 1.807) is 24.1 Å². The zero-order valence-corrected chi connectivity index (χ0v) is 15.9. The monoisotopic (exact) mass is 370 g/mol. The normalized spacial score (nSPS) is 11.0. The number of amides is 1. The molecular weight excluding hydrogens is 348 g/mol. The molecule has 26 heavy (non-hydrogen) atoms. The summed E-state index contributed by atoms with van der Waals surface area (Å²) in [6.45, 7) is 4.36. The number of hydrogen-bond donors (Lipinski definition) is 1. The highest BCUT2D eigenvalue weighted by molar-refractivity contribution is 7.89. The van der Waals surface area contributed by atoms with Crippen molar-refractivity contribution in [1.29, 1.82) is 0 Å². The van der Waals surface area contributed by atoms with E-state index in [9.17, 15) is 13.2 Å². The first-order chi connectivity index (χ1) is 12.2. The van der Waals surface area contributed by atoms with Gasteiger partial charge in [0, 0.05) is 19.2 Å². The average molecular weight is 370 g/mol. The largest absolute Gasteiger partial charge is 0.337 e. The number of aryl methyl sites for hydroxylation is 2. The van der Waals surface area contributed by atoms with Gasteiger partial charge in [-0.2, -0.15) is 4.72 Å². The first kappa shape index (κ1) is 19.7. The third-order valence-corrected chi connectivity index (χ3v) is 5.41. The maximum absolute atomic E-state index is 12.7. The van der Waals surface area contributed by atoms with Crippen molar-refractivity contribution in [2.75, 3.05) is 13.6 Å². The lowest BCUT2D eigenvalue weighted by molar-refractivity contribution is 0.0784. The van der Waals surface area contributed by atoms with Gasteiger partial charge in [-0.3, -0.25) is 4.79 Å². The summed E-state index contributed by atoms with van der Waals surface area (Å²) in [5.41, 5.74) is 3.63. The van der Waals surface area contributed by atoms with E-state index in [1.165, 1.54) is 12.1 Å². The molecule has 0 spiro atoms. The first-order valence-corrected chi connectivity index (χ1v) is 9.57. The molecule has 0 aliphatic rings. The number of hydrogen-bond acceptors (Lipinski definition) is 3. The first-order valence-electron chi connectivity index (χ1n) is 8.09. The van der Waals surface area contributed by atoms with Crippen LogP contribution in [0.3, 0.4) is 0 Å². The van der Waals surface area contributed by atoms with Gasteiger partial charge >= 0.3 is 0 Å².